The molecule has 5 aromatic rings. The molecule has 0 aliphatic rings. The number of nitrogens with zero attached hydrogens (tertiary/aromatic N) is 3. The van der Waals surface area contributed by atoms with Gasteiger partial charge in [-0.3, -0.25) is 0 Å². The van der Waals surface area contributed by atoms with Crippen LogP contribution in [-0.4, -0.2) is 15.0 Å². The third-order valence-electron chi connectivity index (χ3n) is 4.67. The second-order valence-electron chi connectivity index (χ2n) is 6.39. The van der Waals surface area contributed by atoms with Crippen LogP contribution in [0.4, 0.5) is 5.95 Å². The molecule has 2 aromatic heterocycles. The van der Waals surface area contributed by atoms with Crippen molar-refractivity contribution in [2.75, 3.05) is 5.73 Å². The fraction of sp³-hybridized carbons (Fsp3) is 0. The van der Waals surface area contributed by atoms with Crippen LogP contribution in [0, 0.1) is 0 Å². The van der Waals surface area contributed by atoms with Gasteiger partial charge in [0.15, 0.2) is 0 Å². The van der Waals surface area contributed by atoms with Gasteiger partial charge in [0, 0.05) is 11.1 Å². The van der Waals surface area contributed by atoms with Gasteiger partial charge in [0.1, 0.15) is 11.2 Å². The second kappa shape index (κ2) is 6.18. The van der Waals surface area contributed by atoms with Crippen LogP contribution < -0.4 is 5.73 Å². The van der Waals surface area contributed by atoms with Crippen LogP contribution in [0.5, 0.6) is 0 Å². The number of nitrogen functional groups attached to an aromatic ring is 1. The molecule has 0 bridgehead atoms. The van der Waals surface area contributed by atoms with Crippen LogP contribution in [0.15, 0.2) is 84.9 Å². The van der Waals surface area contributed by atoms with Crippen molar-refractivity contribution in [3.63, 3.8) is 0 Å². The minimum atomic E-state index is 0.251. The lowest BCUT2D eigenvalue weighted by atomic mass is 10.0. The van der Waals surface area contributed by atoms with Gasteiger partial charge in [0.2, 0.25) is 5.95 Å². The summed E-state index contributed by atoms with van der Waals surface area (Å²) in [6.07, 6.45) is 0. The second-order valence-corrected chi connectivity index (χ2v) is 6.39. The molecule has 0 amide bonds. The molecule has 5 rings (SSSR count). The largest absolute Gasteiger partial charge is 0.368 e. The van der Waals surface area contributed by atoms with Crippen LogP contribution in [0.1, 0.15) is 0 Å². The van der Waals surface area contributed by atoms with E-state index in [4.69, 9.17) is 10.7 Å². The molecular weight excluding hydrogens is 332 g/mol. The van der Waals surface area contributed by atoms with Gasteiger partial charge in [0.25, 0.3) is 0 Å². The predicted octanol–water partition coefficient (Wildman–Crippen LogP) is 5.09. The van der Waals surface area contributed by atoms with Crippen molar-refractivity contribution in [1.29, 1.82) is 0 Å². The smallest absolute Gasteiger partial charge is 0.221 e. The molecule has 0 unspecified atom stereocenters. The zero-order valence-corrected chi connectivity index (χ0v) is 14.5. The summed E-state index contributed by atoms with van der Waals surface area (Å²) in [5.74, 6) is 0.251. The Balaban J connectivity index is 1.80. The number of hydrogen-bond acceptors (Lipinski definition) is 4. The maximum atomic E-state index is 5.94. The molecule has 0 saturated heterocycles. The zero-order valence-electron chi connectivity index (χ0n) is 14.5. The summed E-state index contributed by atoms with van der Waals surface area (Å²) in [4.78, 5) is 13.8. The zero-order chi connectivity index (χ0) is 18.2. The van der Waals surface area contributed by atoms with Crippen molar-refractivity contribution in [3.8, 4) is 22.5 Å². The summed E-state index contributed by atoms with van der Waals surface area (Å²) >= 11 is 0. The van der Waals surface area contributed by atoms with Crippen molar-refractivity contribution >= 4 is 27.8 Å². The molecule has 0 radical (unpaired) electrons. The number of anilines is 1. The first-order chi connectivity index (χ1) is 13.3. The van der Waals surface area contributed by atoms with Gasteiger partial charge in [-0.25, -0.2) is 15.0 Å². The maximum Gasteiger partial charge on any atom is 0.221 e. The fourth-order valence-corrected chi connectivity index (χ4v) is 3.43. The van der Waals surface area contributed by atoms with Crippen LogP contribution in [0.25, 0.3) is 44.3 Å². The quantitative estimate of drug-likeness (QED) is 0.482. The van der Waals surface area contributed by atoms with Crippen molar-refractivity contribution in [3.05, 3.63) is 84.9 Å². The molecule has 2 heterocycles. The van der Waals surface area contributed by atoms with Crippen LogP contribution in [0.2, 0.25) is 0 Å². The number of fused-ring (bicyclic) bond motifs is 2. The Morgan fingerprint density at radius 2 is 1.41 bits per heavy atom. The van der Waals surface area contributed by atoms with Crippen molar-refractivity contribution in [2.45, 2.75) is 0 Å². The van der Waals surface area contributed by atoms with E-state index in [1.54, 1.807) is 0 Å². The third-order valence-corrected chi connectivity index (χ3v) is 4.67. The lowest BCUT2D eigenvalue weighted by Gasteiger charge is -2.10. The van der Waals surface area contributed by atoms with E-state index < -0.39 is 0 Å². The average molecular weight is 348 g/mol. The summed E-state index contributed by atoms with van der Waals surface area (Å²) < 4.78 is 0. The van der Waals surface area contributed by atoms with Crippen molar-refractivity contribution in [1.82, 2.24) is 15.0 Å². The van der Waals surface area contributed by atoms with E-state index in [1.807, 2.05) is 54.6 Å². The number of benzene rings is 3. The molecule has 0 atom stereocenters. The highest BCUT2D eigenvalue weighted by Gasteiger charge is 2.12. The SMILES string of the molecule is Nc1nc(-c2ccccc2)c2nc(-c3cccc4ccccc34)ccc2n1. The molecule has 0 fully saturated rings. The van der Waals surface area contributed by atoms with Crippen molar-refractivity contribution in [2.24, 2.45) is 0 Å². The molecule has 4 heteroatoms. The van der Waals surface area contributed by atoms with Crippen molar-refractivity contribution < 1.29 is 0 Å². The predicted molar refractivity (Wildman–Crippen MR) is 110 cm³/mol. The molecule has 4 nitrogen and oxygen atoms in total. The normalized spacial score (nSPS) is 11.1. The van der Waals surface area contributed by atoms with E-state index >= 15 is 0 Å². The summed E-state index contributed by atoms with van der Waals surface area (Å²) in [5, 5.41) is 2.36. The van der Waals surface area contributed by atoms with Crippen LogP contribution in [0.3, 0.4) is 0 Å². The first-order valence-electron chi connectivity index (χ1n) is 8.77. The van der Waals surface area contributed by atoms with E-state index in [1.165, 1.54) is 10.8 Å². The molecular formula is C23H16N4. The molecule has 0 aliphatic carbocycles. The van der Waals surface area contributed by atoms with Crippen LogP contribution >= 0.6 is 0 Å². The van der Waals surface area contributed by atoms with E-state index in [9.17, 15) is 0 Å². The van der Waals surface area contributed by atoms with E-state index in [0.717, 1.165) is 33.5 Å². The molecule has 0 spiro atoms. The number of nitrogens with two attached hydrogens (primary N) is 1. The Kier molecular flexibility index (Phi) is 3.54. The summed E-state index contributed by atoms with van der Waals surface area (Å²) in [6, 6.07) is 28.5. The molecule has 2 N–H and O–H groups in total. The van der Waals surface area contributed by atoms with Gasteiger partial charge in [0.05, 0.1) is 11.2 Å². The minimum absolute atomic E-state index is 0.251. The Hall–Kier alpha value is -3.79. The maximum absolute atomic E-state index is 5.94. The molecule has 3 aromatic carbocycles. The fourth-order valence-electron chi connectivity index (χ4n) is 3.43. The number of hydrogen-bond donors (Lipinski definition) is 1. The number of aromatic nitrogens is 3. The third kappa shape index (κ3) is 2.68. The Morgan fingerprint density at radius 3 is 2.30 bits per heavy atom. The first-order valence-corrected chi connectivity index (χ1v) is 8.77. The first kappa shape index (κ1) is 15.5. The highest BCUT2D eigenvalue weighted by molar-refractivity contribution is 5.98. The van der Waals surface area contributed by atoms with Gasteiger partial charge in [-0.1, -0.05) is 72.8 Å². The molecule has 0 saturated carbocycles. The summed E-state index contributed by atoms with van der Waals surface area (Å²) in [5.41, 5.74) is 11.1. The monoisotopic (exact) mass is 348 g/mol. The average Bonchev–Trinajstić information content (AvgIpc) is 2.73. The Bertz CT molecular complexity index is 1270. The van der Waals surface area contributed by atoms with E-state index in [-0.39, 0.29) is 5.95 Å². The van der Waals surface area contributed by atoms with Gasteiger partial charge in [-0.05, 0) is 22.9 Å². The highest BCUT2D eigenvalue weighted by atomic mass is 15.0. The molecule has 128 valence electrons. The molecule has 0 aliphatic heterocycles. The van der Waals surface area contributed by atoms with Crippen LogP contribution in [-0.2, 0) is 0 Å². The Labute approximate surface area is 156 Å². The number of pyridine rings is 1. The minimum Gasteiger partial charge on any atom is -0.368 e. The summed E-state index contributed by atoms with van der Waals surface area (Å²) in [6.45, 7) is 0. The lowest BCUT2D eigenvalue weighted by Crippen LogP contribution is -2.00. The van der Waals surface area contributed by atoms with Gasteiger partial charge in [-0.2, -0.15) is 0 Å². The van der Waals surface area contributed by atoms with Gasteiger partial charge < -0.3 is 5.73 Å². The lowest BCUT2D eigenvalue weighted by molar-refractivity contribution is 1.22. The molecule has 27 heavy (non-hydrogen) atoms. The van der Waals surface area contributed by atoms with E-state index in [2.05, 4.69) is 40.3 Å². The van der Waals surface area contributed by atoms with Gasteiger partial charge in [-0.15, -0.1) is 0 Å². The number of rotatable bonds is 2. The van der Waals surface area contributed by atoms with E-state index in [0.29, 0.717) is 0 Å². The summed E-state index contributed by atoms with van der Waals surface area (Å²) in [7, 11) is 0. The van der Waals surface area contributed by atoms with Gasteiger partial charge >= 0.3 is 0 Å². The Morgan fingerprint density at radius 1 is 0.630 bits per heavy atom. The highest BCUT2D eigenvalue weighted by Crippen LogP contribution is 2.31. The standard InChI is InChI=1S/C23H16N4/c24-23-26-20-14-13-19(18-12-6-10-15-7-4-5-11-17(15)18)25-22(20)21(27-23)16-8-2-1-3-9-16/h1-14H,(H2,24,26,27). The topological polar surface area (TPSA) is 64.7 Å².